The van der Waals surface area contributed by atoms with Gasteiger partial charge in [0.15, 0.2) is 10.9 Å². The average molecular weight is 323 g/mol. The number of thioether (sulfide) groups is 1. The monoisotopic (exact) mass is 323 g/mol. The summed E-state index contributed by atoms with van der Waals surface area (Å²) in [7, 11) is 3.68. The van der Waals surface area contributed by atoms with Crippen LogP contribution in [0, 0.1) is 0 Å². The second kappa shape index (κ2) is 7.88. The highest BCUT2D eigenvalue weighted by Gasteiger charge is 2.12. The zero-order valence-corrected chi connectivity index (χ0v) is 13.9. The van der Waals surface area contributed by atoms with Gasteiger partial charge in [-0.15, -0.1) is 0 Å². The fourth-order valence-electron chi connectivity index (χ4n) is 1.83. The van der Waals surface area contributed by atoms with Gasteiger partial charge in [0.1, 0.15) is 0 Å². The smallest absolute Gasteiger partial charge is 0.317 e. The first kappa shape index (κ1) is 16.4. The lowest BCUT2D eigenvalue weighted by atomic mass is 10.3. The molecule has 0 spiro atoms. The molecule has 0 aliphatic carbocycles. The molecule has 0 unspecified atom stereocenters. The maximum absolute atomic E-state index is 12.0. The van der Waals surface area contributed by atoms with E-state index in [1.54, 1.807) is 29.9 Å². The van der Waals surface area contributed by atoms with Gasteiger partial charge in [-0.25, -0.2) is 9.78 Å². The number of hydrogen-bond donors (Lipinski definition) is 1. The number of hydrogen-bond acceptors (Lipinski definition) is 5. The molecule has 7 nitrogen and oxygen atoms in total. The molecule has 0 aliphatic rings. The van der Waals surface area contributed by atoms with Gasteiger partial charge in [-0.05, 0) is 6.42 Å². The normalized spacial score (nSPS) is 10.7. The highest BCUT2D eigenvalue weighted by molar-refractivity contribution is 7.99. The van der Waals surface area contributed by atoms with Crippen molar-refractivity contribution in [2.24, 2.45) is 7.05 Å². The summed E-state index contributed by atoms with van der Waals surface area (Å²) in [6, 6.07) is 1.75. The van der Waals surface area contributed by atoms with Crippen molar-refractivity contribution in [3.63, 3.8) is 0 Å². The number of nitrogens with zero attached hydrogens (tertiary/aromatic N) is 4. The van der Waals surface area contributed by atoms with E-state index in [1.165, 1.54) is 0 Å². The topological polar surface area (TPSA) is 76.2 Å². The molecule has 0 aromatic carbocycles. The average Bonchev–Trinajstić information content (AvgIpc) is 3.12. The molecule has 2 amide bonds. The molecule has 0 radical (unpaired) electrons. The molecule has 2 aromatic heterocycles. The minimum atomic E-state index is -0.130. The van der Waals surface area contributed by atoms with E-state index >= 15 is 0 Å². The van der Waals surface area contributed by atoms with Crippen LogP contribution in [0.5, 0.6) is 0 Å². The molecular weight excluding hydrogens is 302 g/mol. The maximum atomic E-state index is 12.0. The van der Waals surface area contributed by atoms with Gasteiger partial charge >= 0.3 is 6.03 Å². The predicted molar refractivity (Wildman–Crippen MR) is 84.7 cm³/mol. The van der Waals surface area contributed by atoms with Crippen molar-refractivity contribution in [2.45, 2.75) is 25.0 Å². The Kier molecular flexibility index (Phi) is 5.88. The number of amides is 2. The SMILES string of the molecule is CCc1cc(CN(C)C(=O)NCCSc2nccn2C)on1. The van der Waals surface area contributed by atoms with Crippen LogP contribution in [0.1, 0.15) is 18.4 Å². The van der Waals surface area contributed by atoms with Crippen LogP contribution in [0.4, 0.5) is 4.79 Å². The minimum Gasteiger partial charge on any atom is -0.359 e. The fraction of sp³-hybridized carbons (Fsp3) is 0.500. The van der Waals surface area contributed by atoms with Crippen molar-refractivity contribution >= 4 is 17.8 Å². The number of aromatic nitrogens is 3. The van der Waals surface area contributed by atoms with Crippen LogP contribution in [0.25, 0.3) is 0 Å². The first-order chi connectivity index (χ1) is 10.6. The fourth-order valence-corrected chi connectivity index (χ4v) is 2.62. The Labute approximate surface area is 134 Å². The summed E-state index contributed by atoms with van der Waals surface area (Å²) in [6.07, 6.45) is 4.48. The quantitative estimate of drug-likeness (QED) is 0.622. The molecule has 2 heterocycles. The molecule has 8 heteroatoms. The van der Waals surface area contributed by atoms with Gasteiger partial charge < -0.3 is 19.3 Å². The summed E-state index contributed by atoms with van der Waals surface area (Å²) in [5.41, 5.74) is 0.898. The first-order valence-corrected chi connectivity index (χ1v) is 8.12. The molecule has 2 rings (SSSR count). The van der Waals surface area contributed by atoms with Gasteiger partial charge in [-0.1, -0.05) is 23.8 Å². The Hall–Kier alpha value is -1.96. The molecule has 0 saturated heterocycles. The number of rotatable bonds is 7. The lowest BCUT2D eigenvalue weighted by molar-refractivity contribution is 0.201. The van der Waals surface area contributed by atoms with Crippen molar-refractivity contribution in [2.75, 3.05) is 19.3 Å². The van der Waals surface area contributed by atoms with Gasteiger partial charge in [0.05, 0.1) is 12.2 Å². The van der Waals surface area contributed by atoms with E-state index in [4.69, 9.17) is 4.52 Å². The lowest BCUT2D eigenvalue weighted by Gasteiger charge is -2.16. The molecule has 22 heavy (non-hydrogen) atoms. The summed E-state index contributed by atoms with van der Waals surface area (Å²) in [5.74, 6) is 1.46. The first-order valence-electron chi connectivity index (χ1n) is 7.13. The third-order valence-corrected chi connectivity index (χ3v) is 4.16. The zero-order valence-electron chi connectivity index (χ0n) is 13.1. The predicted octanol–water partition coefficient (Wildman–Crippen LogP) is 1.90. The van der Waals surface area contributed by atoms with E-state index < -0.39 is 0 Å². The number of carbonyl (C=O) groups excluding carboxylic acids is 1. The van der Waals surface area contributed by atoms with Crippen LogP contribution in [-0.4, -0.2) is 45.0 Å². The van der Waals surface area contributed by atoms with E-state index in [2.05, 4.69) is 15.5 Å². The molecule has 0 saturated carbocycles. The van der Waals surface area contributed by atoms with Crippen LogP contribution in [0.2, 0.25) is 0 Å². The Morgan fingerprint density at radius 1 is 1.55 bits per heavy atom. The van der Waals surface area contributed by atoms with Crippen molar-refractivity contribution in [3.8, 4) is 0 Å². The van der Waals surface area contributed by atoms with E-state index in [0.717, 1.165) is 23.0 Å². The van der Waals surface area contributed by atoms with Gasteiger partial charge in [-0.3, -0.25) is 0 Å². The summed E-state index contributed by atoms with van der Waals surface area (Å²) in [5, 5.41) is 7.73. The van der Waals surface area contributed by atoms with Gasteiger partial charge in [0.2, 0.25) is 0 Å². The Morgan fingerprint density at radius 3 is 3.00 bits per heavy atom. The van der Waals surface area contributed by atoms with Crippen LogP contribution in [0.3, 0.4) is 0 Å². The van der Waals surface area contributed by atoms with Crippen LogP contribution in [-0.2, 0) is 20.0 Å². The van der Waals surface area contributed by atoms with Crippen LogP contribution >= 0.6 is 11.8 Å². The third-order valence-electron chi connectivity index (χ3n) is 3.10. The molecule has 0 atom stereocenters. The number of nitrogens with one attached hydrogen (secondary N) is 1. The van der Waals surface area contributed by atoms with Gasteiger partial charge in [-0.2, -0.15) is 0 Å². The molecule has 0 fully saturated rings. The molecule has 1 N–H and O–H groups in total. The van der Waals surface area contributed by atoms with Gasteiger partial charge in [0.25, 0.3) is 0 Å². The second-order valence-electron chi connectivity index (χ2n) is 4.90. The maximum Gasteiger partial charge on any atom is 0.317 e. The van der Waals surface area contributed by atoms with E-state index in [0.29, 0.717) is 18.8 Å². The molecule has 0 aliphatic heterocycles. The van der Waals surface area contributed by atoms with Crippen molar-refractivity contribution in [1.82, 2.24) is 24.9 Å². The van der Waals surface area contributed by atoms with Crippen molar-refractivity contribution in [1.29, 1.82) is 0 Å². The van der Waals surface area contributed by atoms with Crippen LogP contribution < -0.4 is 5.32 Å². The highest BCUT2D eigenvalue weighted by atomic mass is 32.2. The van der Waals surface area contributed by atoms with Gasteiger partial charge in [0, 0.05) is 44.9 Å². The standard InChI is InChI=1S/C14H21N5O2S/c1-4-11-9-12(21-17-11)10-19(3)13(20)15-6-8-22-14-16-5-7-18(14)2/h5,7,9H,4,6,8,10H2,1-3H3,(H,15,20). The summed E-state index contributed by atoms with van der Waals surface area (Å²) in [4.78, 5) is 17.8. The van der Waals surface area contributed by atoms with E-state index in [-0.39, 0.29) is 6.03 Å². The number of imidazole rings is 1. The van der Waals surface area contributed by atoms with Crippen molar-refractivity contribution < 1.29 is 9.32 Å². The Morgan fingerprint density at radius 2 is 2.36 bits per heavy atom. The summed E-state index contributed by atoms with van der Waals surface area (Å²) >= 11 is 1.61. The van der Waals surface area contributed by atoms with Crippen LogP contribution in [0.15, 0.2) is 28.1 Å². The molecule has 120 valence electrons. The van der Waals surface area contributed by atoms with E-state index in [9.17, 15) is 4.79 Å². The minimum absolute atomic E-state index is 0.130. The number of urea groups is 1. The molecular formula is C14H21N5O2S. The van der Waals surface area contributed by atoms with Crippen molar-refractivity contribution in [3.05, 3.63) is 29.9 Å². The molecule has 2 aromatic rings. The molecule has 0 bridgehead atoms. The summed E-state index contributed by atoms with van der Waals surface area (Å²) in [6.45, 7) is 3.00. The zero-order chi connectivity index (χ0) is 15.9. The third kappa shape index (κ3) is 4.52. The Bertz CT molecular complexity index is 610. The van der Waals surface area contributed by atoms with E-state index in [1.807, 2.05) is 30.8 Å². The lowest BCUT2D eigenvalue weighted by Crippen LogP contribution is -2.37. The second-order valence-corrected chi connectivity index (χ2v) is 5.96. The number of aryl methyl sites for hydroxylation is 2. The highest BCUT2D eigenvalue weighted by Crippen LogP contribution is 2.13. The largest absolute Gasteiger partial charge is 0.359 e. The number of carbonyl (C=O) groups is 1. The Balaban J connectivity index is 1.69. The summed E-state index contributed by atoms with van der Waals surface area (Å²) < 4.78 is 7.13.